The third-order valence-corrected chi connectivity index (χ3v) is 3.44. The number of nitrogens with one attached hydrogen (secondary N) is 2. The Labute approximate surface area is 149 Å². The summed E-state index contributed by atoms with van der Waals surface area (Å²) in [5, 5.41) is 23.1. The summed E-state index contributed by atoms with van der Waals surface area (Å²) in [7, 11) is 0. The van der Waals surface area contributed by atoms with Gasteiger partial charge in [-0.3, -0.25) is 14.4 Å². The van der Waals surface area contributed by atoms with Gasteiger partial charge in [-0.1, -0.05) is 12.1 Å². The summed E-state index contributed by atoms with van der Waals surface area (Å²) < 4.78 is 0. The van der Waals surface area contributed by atoms with E-state index < -0.39 is 48.2 Å². The fourth-order valence-corrected chi connectivity index (χ4v) is 2.05. The number of phenols is 1. The van der Waals surface area contributed by atoms with Gasteiger partial charge in [0, 0.05) is 6.42 Å². The zero-order chi connectivity index (χ0) is 19.9. The van der Waals surface area contributed by atoms with Crippen LogP contribution >= 0.6 is 0 Å². The van der Waals surface area contributed by atoms with Gasteiger partial charge >= 0.3 is 5.97 Å². The maximum Gasteiger partial charge on any atom is 0.326 e. The molecule has 0 spiro atoms. The van der Waals surface area contributed by atoms with E-state index in [0.717, 1.165) is 0 Å². The highest BCUT2D eigenvalue weighted by Gasteiger charge is 2.28. The molecule has 0 fully saturated rings. The van der Waals surface area contributed by atoms with Crippen LogP contribution in [0.4, 0.5) is 0 Å². The van der Waals surface area contributed by atoms with Gasteiger partial charge in [0.05, 0.1) is 12.5 Å². The first-order valence-corrected chi connectivity index (χ1v) is 7.75. The Balaban J connectivity index is 2.86. The lowest BCUT2D eigenvalue weighted by atomic mass is 10.0. The second-order valence-corrected chi connectivity index (χ2v) is 5.79. The number of carbonyl (C=O) groups is 4. The molecule has 0 aliphatic rings. The number of primary amides is 1. The number of rotatable bonds is 9. The van der Waals surface area contributed by atoms with E-state index in [-0.39, 0.29) is 12.2 Å². The molecule has 0 saturated heterocycles. The molecule has 0 aliphatic carbocycles. The summed E-state index contributed by atoms with van der Waals surface area (Å²) >= 11 is 0. The van der Waals surface area contributed by atoms with Crippen molar-refractivity contribution in [3.05, 3.63) is 29.8 Å². The van der Waals surface area contributed by atoms with Crippen LogP contribution in [0.1, 0.15) is 18.9 Å². The molecular weight excluding hydrogens is 344 g/mol. The summed E-state index contributed by atoms with van der Waals surface area (Å²) in [5.41, 5.74) is 11.0. The lowest BCUT2D eigenvalue weighted by molar-refractivity contribution is -0.142. The van der Waals surface area contributed by atoms with Crippen molar-refractivity contribution in [3.63, 3.8) is 0 Å². The number of carboxylic acid groups (broad SMARTS) is 1. The van der Waals surface area contributed by atoms with Crippen molar-refractivity contribution in [2.75, 3.05) is 0 Å². The van der Waals surface area contributed by atoms with Gasteiger partial charge in [0.25, 0.3) is 0 Å². The van der Waals surface area contributed by atoms with Crippen molar-refractivity contribution < 1.29 is 29.4 Å². The van der Waals surface area contributed by atoms with Crippen molar-refractivity contribution in [1.82, 2.24) is 10.6 Å². The first-order valence-electron chi connectivity index (χ1n) is 7.75. The molecule has 3 atom stereocenters. The topological polar surface area (TPSA) is 185 Å². The highest BCUT2D eigenvalue weighted by molar-refractivity contribution is 5.94. The van der Waals surface area contributed by atoms with E-state index in [9.17, 15) is 29.4 Å². The van der Waals surface area contributed by atoms with E-state index in [1.807, 2.05) is 0 Å². The first kappa shape index (κ1) is 20.9. The second kappa shape index (κ2) is 9.37. The van der Waals surface area contributed by atoms with Gasteiger partial charge < -0.3 is 32.3 Å². The van der Waals surface area contributed by atoms with Crippen LogP contribution < -0.4 is 22.1 Å². The Morgan fingerprint density at radius 1 is 1.04 bits per heavy atom. The van der Waals surface area contributed by atoms with E-state index in [1.54, 1.807) is 0 Å². The van der Waals surface area contributed by atoms with Gasteiger partial charge in [0.1, 0.15) is 17.8 Å². The maximum absolute atomic E-state index is 12.3. The standard InChI is InChI=1S/C16H22N4O6/c1-8(17)14(23)19-11(7-13(18)22)15(24)20-12(16(25)26)6-9-2-4-10(21)5-3-9/h2-5,8,11-12,21H,6-7,17H2,1H3,(H2,18,22)(H,19,23)(H,20,24)(H,25,26)/t8-,11-,12-/m0/s1. The minimum absolute atomic E-state index is 0.0183. The minimum atomic E-state index is -1.34. The Morgan fingerprint density at radius 2 is 1.58 bits per heavy atom. The summed E-state index contributed by atoms with van der Waals surface area (Å²) in [6.45, 7) is 1.39. The average Bonchev–Trinajstić information content (AvgIpc) is 2.54. The van der Waals surface area contributed by atoms with Gasteiger partial charge in [-0.05, 0) is 24.6 Å². The second-order valence-electron chi connectivity index (χ2n) is 5.79. The third-order valence-electron chi connectivity index (χ3n) is 3.44. The average molecular weight is 366 g/mol. The van der Waals surface area contributed by atoms with Crippen molar-refractivity contribution >= 4 is 23.7 Å². The Morgan fingerprint density at radius 3 is 2.04 bits per heavy atom. The van der Waals surface area contributed by atoms with Crippen LogP contribution in [0.5, 0.6) is 5.75 Å². The molecule has 26 heavy (non-hydrogen) atoms. The number of nitrogens with two attached hydrogens (primary N) is 2. The molecule has 1 rings (SSSR count). The molecule has 142 valence electrons. The highest BCUT2D eigenvalue weighted by atomic mass is 16.4. The maximum atomic E-state index is 12.3. The van der Waals surface area contributed by atoms with Crippen molar-refractivity contribution in [2.45, 2.75) is 37.9 Å². The quantitative estimate of drug-likeness (QED) is 0.298. The largest absolute Gasteiger partial charge is 0.508 e. The lowest BCUT2D eigenvalue weighted by Crippen LogP contribution is -2.55. The number of benzene rings is 1. The molecule has 0 unspecified atom stereocenters. The molecule has 0 saturated carbocycles. The van der Waals surface area contributed by atoms with Crippen LogP contribution in [-0.2, 0) is 25.6 Å². The smallest absolute Gasteiger partial charge is 0.326 e. The monoisotopic (exact) mass is 366 g/mol. The fourth-order valence-electron chi connectivity index (χ4n) is 2.05. The van der Waals surface area contributed by atoms with E-state index in [0.29, 0.717) is 5.56 Å². The van der Waals surface area contributed by atoms with Crippen molar-refractivity contribution in [2.24, 2.45) is 11.5 Å². The molecule has 1 aromatic carbocycles. The Hall–Kier alpha value is -3.14. The fraction of sp³-hybridized carbons (Fsp3) is 0.375. The molecule has 8 N–H and O–H groups in total. The van der Waals surface area contributed by atoms with Gasteiger partial charge in [-0.2, -0.15) is 0 Å². The molecule has 0 heterocycles. The molecule has 0 bridgehead atoms. The zero-order valence-corrected chi connectivity index (χ0v) is 14.1. The first-order chi connectivity index (χ1) is 12.1. The van der Waals surface area contributed by atoms with E-state index in [2.05, 4.69) is 10.6 Å². The van der Waals surface area contributed by atoms with Crippen LogP contribution in [0.15, 0.2) is 24.3 Å². The van der Waals surface area contributed by atoms with Crippen LogP contribution in [-0.4, -0.2) is 52.0 Å². The molecule has 0 aliphatic heterocycles. The molecule has 3 amide bonds. The van der Waals surface area contributed by atoms with Crippen molar-refractivity contribution in [1.29, 1.82) is 0 Å². The summed E-state index contributed by atoms with van der Waals surface area (Å²) in [6.07, 6.45) is -0.568. The van der Waals surface area contributed by atoms with Gasteiger partial charge in [0.2, 0.25) is 17.7 Å². The molecule has 1 aromatic rings. The lowest BCUT2D eigenvalue weighted by Gasteiger charge is -2.21. The predicted octanol–water partition coefficient (Wildman–Crippen LogP) is -1.79. The summed E-state index contributed by atoms with van der Waals surface area (Å²) in [4.78, 5) is 46.5. The number of hydrogen-bond acceptors (Lipinski definition) is 6. The molecule has 10 heteroatoms. The van der Waals surface area contributed by atoms with E-state index in [4.69, 9.17) is 11.5 Å². The number of hydrogen-bond donors (Lipinski definition) is 6. The molecular formula is C16H22N4O6. The third kappa shape index (κ3) is 6.77. The highest BCUT2D eigenvalue weighted by Crippen LogP contribution is 2.11. The van der Waals surface area contributed by atoms with Gasteiger partial charge in [-0.25, -0.2) is 4.79 Å². The number of aliphatic carboxylic acids is 1. The SMILES string of the molecule is C[C@H](N)C(=O)N[C@@H](CC(N)=O)C(=O)N[C@@H](Cc1ccc(O)cc1)C(=O)O. The van der Waals surface area contributed by atoms with E-state index in [1.165, 1.54) is 31.2 Å². The number of phenolic OH excluding ortho intramolecular Hbond substituents is 1. The van der Waals surface area contributed by atoms with Gasteiger partial charge in [0.15, 0.2) is 0 Å². The van der Waals surface area contributed by atoms with Crippen LogP contribution in [0.2, 0.25) is 0 Å². The summed E-state index contributed by atoms with van der Waals surface area (Å²) in [5.74, 6) is -3.69. The molecule has 0 aromatic heterocycles. The molecule has 0 radical (unpaired) electrons. The number of amides is 3. The Bertz CT molecular complexity index is 674. The zero-order valence-electron chi connectivity index (χ0n) is 14.1. The van der Waals surface area contributed by atoms with Crippen LogP contribution in [0.25, 0.3) is 0 Å². The normalized spacial score (nSPS) is 13.9. The number of aromatic hydroxyl groups is 1. The van der Waals surface area contributed by atoms with Crippen molar-refractivity contribution in [3.8, 4) is 5.75 Å². The van der Waals surface area contributed by atoms with Gasteiger partial charge in [-0.15, -0.1) is 0 Å². The predicted molar refractivity (Wildman–Crippen MR) is 90.8 cm³/mol. The molecule has 10 nitrogen and oxygen atoms in total. The summed E-state index contributed by atoms with van der Waals surface area (Å²) in [6, 6.07) is 2.21. The Kier molecular flexibility index (Phi) is 7.53. The number of carboxylic acids is 1. The number of carbonyl (C=O) groups excluding carboxylic acids is 3. The van der Waals surface area contributed by atoms with Crippen LogP contribution in [0.3, 0.4) is 0 Å². The van der Waals surface area contributed by atoms with Crippen LogP contribution in [0, 0.1) is 0 Å². The minimum Gasteiger partial charge on any atom is -0.508 e. The van der Waals surface area contributed by atoms with E-state index >= 15 is 0 Å².